The lowest BCUT2D eigenvalue weighted by molar-refractivity contribution is -0.139. The molecule has 1 heterocycles. The van der Waals surface area contributed by atoms with Crippen LogP contribution in [0.25, 0.3) is 6.08 Å². The summed E-state index contributed by atoms with van der Waals surface area (Å²) in [7, 11) is 0. The summed E-state index contributed by atoms with van der Waals surface area (Å²) >= 11 is 1.95. The van der Waals surface area contributed by atoms with Crippen LogP contribution in [-0.2, 0) is 14.4 Å². The molecule has 1 aliphatic rings. The molecular weight excluding hydrogens is 531 g/mol. The van der Waals surface area contributed by atoms with Gasteiger partial charge in [-0.05, 0) is 71.8 Å². The van der Waals surface area contributed by atoms with Gasteiger partial charge in [-0.2, -0.15) is 0 Å². The van der Waals surface area contributed by atoms with Crippen LogP contribution in [0.5, 0.6) is 11.5 Å². The van der Waals surface area contributed by atoms with E-state index in [2.05, 4.69) is 5.32 Å². The number of carboxylic acids is 1. The maximum atomic E-state index is 13.1. The van der Waals surface area contributed by atoms with E-state index in [0.717, 1.165) is 4.90 Å². The number of carboxylic acid groups (broad SMARTS) is 1. The molecule has 10 heteroatoms. The summed E-state index contributed by atoms with van der Waals surface area (Å²) in [6, 6.07) is 9.15. The average Bonchev–Trinajstić information content (AvgIpc) is 2.72. The van der Waals surface area contributed by atoms with E-state index in [9.17, 15) is 19.2 Å². The highest BCUT2D eigenvalue weighted by molar-refractivity contribution is 14.1. The minimum atomic E-state index is -1.14. The molecule has 0 aliphatic carbocycles. The number of aryl methyl sites for hydroxylation is 1. The van der Waals surface area contributed by atoms with Gasteiger partial charge in [-0.25, -0.2) is 14.5 Å². The predicted octanol–water partition coefficient (Wildman–Crippen LogP) is 3.13. The normalized spacial score (nSPS) is 15.0. The van der Waals surface area contributed by atoms with Gasteiger partial charge >= 0.3 is 12.0 Å². The Kier molecular flexibility index (Phi) is 7.13. The first-order valence-electron chi connectivity index (χ1n) is 9.51. The Hall–Kier alpha value is -3.41. The van der Waals surface area contributed by atoms with Gasteiger partial charge in [-0.15, -0.1) is 0 Å². The van der Waals surface area contributed by atoms with Gasteiger partial charge in [0.25, 0.3) is 11.8 Å². The fraction of sp³-hybridized carbons (Fsp3) is 0.182. The molecule has 3 rings (SSSR count). The first-order valence-corrected chi connectivity index (χ1v) is 10.6. The van der Waals surface area contributed by atoms with Crippen molar-refractivity contribution in [2.45, 2.75) is 13.8 Å². The molecule has 1 saturated heterocycles. The lowest BCUT2D eigenvalue weighted by Gasteiger charge is -2.27. The van der Waals surface area contributed by atoms with Gasteiger partial charge in [0.05, 0.1) is 15.9 Å². The monoisotopic (exact) mass is 550 g/mol. The predicted molar refractivity (Wildman–Crippen MR) is 124 cm³/mol. The molecule has 0 bridgehead atoms. The van der Waals surface area contributed by atoms with Crippen molar-refractivity contribution in [2.75, 3.05) is 18.1 Å². The zero-order valence-electron chi connectivity index (χ0n) is 17.2. The van der Waals surface area contributed by atoms with Crippen molar-refractivity contribution < 1.29 is 33.8 Å². The largest absolute Gasteiger partial charge is 0.490 e. The number of carbonyl (C=O) groups is 4. The Bertz CT molecular complexity index is 1140. The molecule has 2 aromatic rings. The second kappa shape index (κ2) is 9.81. The lowest BCUT2D eigenvalue weighted by Crippen LogP contribution is -2.54. The Morgan fingerprint density at radius 3 is 2.56 bits per heavy atom. The third-order valence-corrected chi connectivity index (χ3v) is 5.24. The molecular formula is C22H19IN2O7. The average molecular weight is 550 g/mol. The van der Waals surface area contributed by atoms with Gasteiger partial charge in [0.1, 0.15) is 5.57 Å². The molecule has 9 nitrogen and oxygen atoms in total. The zero-order chi connectivity index (χ0) is 23.4. The molecule has 0 unspecified atom stereocenters. The summed E-state index contributed by atoms with van der Waals surface area (Å²) < 4.78 is 11.4. The standard InChI is InChI=1S/C22H19IN2O7/c1-3-31-17-10-13(9-15(23)19(17)32-11-18(26)27)8-14-20(28)24-22(30)25(21(14)29)16-7-5-4-6-12(16)2/h4-10H,3,11H2,1-2H3,(H,26,27)(H,24,28,30)/b14-8+. The molecule has 2 N–H and O–H groups in total. The molecule has 0 spiro atoms. The van der Waals surface area contributed by atoms with Crippen molar-refractivity contribution >= 4 is 58.2 Å². The number of imide groups is 2. The molecule has 166 valence electrons. The van der Waals surface area contributed by atoms with E-state index >= 15 is 0 Å². The number of amides is 4. The molecule has 1 aliphatic heterocycles. The first kappa shape index (κ1) is 23.3. The van der Waals surface area contributed by atoms with Gasteiger partial charge in [-0.1, -0.05) is 18.2 Å². The second-order valence-electron chi connectivity index (χ2n) is 6.69. The summed E-state index contributed by atoms with van der Waals surface area (Å²) in [5.74, 6) is -2.20. The number of barbiturate groups is 1. The Morgan fingerprint density at radius 1 is 1.19 bits per heavy atom. The Morgan fingerprint density at radius 2 is 1.91 bits per heavy atom. The molecule has 32 heavy (non-hydrogen) atoms. The summed E-state index contributed by atoms with van der Waals surface area (Å²) in [4.78, 5) is 49.7. The third kappa shape index (κ3) is 4.90. The van der Waals surface area contributed by atoms with Crippen molar-refractivity contribution in [3.63, 3.8) is 0 Å². The van der Waals surface area contributed by atoms with E-state index in [1.165, 1.54) is 12.1 Å². The van der Waals surface area contributed by atoms with Crippen LogP contribution in [0, 0.1) is 10.5 Å². The van der Waals surface area contributed by atoms with Gasteiger partial charge < -0.3 is 14.6 Å². The van der Waals surface area contributed by atoms with Crippen molar-refractivity contribution in [3.05, 3.63) is 56.7 Å². The quantitative estimate of drug-likeness (QED) is 0.309. The molecule has 2 aromatic carbocycles. The lowest BCUT2D eigenvalue weighted by atomic mass is 10.1. The maximum absolute atomic E-state index is 13.1. The first-order chi connectivity index (χ1) is 15.2. The van der Waals surface area contributed by atoms with Crippen LogP contribution in [-0.4, -0.2) is 42.1 Å². The van der Waals surface area contributed by atoms with Crippen LogP contribution < -0.4 is 19.7 Å². The SMILES string of the molecule is CCOc1cc(/C=C2\C(=O)NC(=O)N(c3ccccc3C)C2=O)cc(I)c1OCC(=O)O. The van der Waals surface area contributed by atoms with Gasteiger partial charge in [0, 0.05) is 0 Å². The summed E-state index contributed by atoms with van der Waals surface area (Å²) in [6.07, 6.45) is 1.35. The number of para-hydroxylation sites is 1. The number of anilines is 1. The van der Waals surface area contributed by atoms with Gasteiger partial charge in [0.2, 0.25) is 0 Å². The van der Waals surface area contributed by atoms with Crippen LogP contribution in [0.15, 0.2) is 42.0 Å². The van der Waals surface area contributed by atoms with Crippen LogP contribution in [0.2, 0.25) is 0 Å². The number of benzene rings is 2. The number of nitrogens with zero attached hydrogens (tertiary/aromatic N) is 1. The highest BCUT2D eigenvalue weighted by Crippen LogP contribution is 2.35. The van der Waals surface area contributed by atoms with Crippen LogP contribution >= 0.6 is 22.6 Å². The number of carbonyl (C=O) groups excluding carboxylic acids is 3. The summed E-state index contributed by atoms with van der Waals surface area (Å²) in [5.41, 5.74) is 1.27. The minimum Gasteiger partial charge on any atom is -0.490 e. The third-order valence-electron chi connectivity index (χ3n) is 4.44. The van der Waals surface area contributed by atoms with Crippen molar-refractivity contribution in [1.82, 2.24) is 5.32 Å². The van der Waals surface area contributed by atoms with Crippen molar-refractivity contribution in [1.29, 1.82) is 0 Å². The molecule has 0 saturated carbocycles. The number of nitrogens with one attached hydrogen (secondary N) is 1. The van der Waals surface area contributed by atoms with E-state index in [0.29, 0.717) is 20.4 Å². The van der Waals surface area contributed by atoms with E-state index < -0.39 is 30.4 Å². The van der Waals surface area contributed by atoms with E-state index in [1.54, 1.807) is 44.2 Å². The highest BCUT2D eigenvalue weighted by Gasteiger charge is 2.37. The number of hydrogen-bond donors (Lipinski definition) is 2. The number of aliphatic carboxylic acids is 1. The molecule has 0 atom stereocenters. The minimum absolute atomic E-state index is 0.231. The van der Waals surface area contributed by atoms with Gasteiger partial charge in [0.15, 0.2) is 18.1 Å². The number of urea groups is 1. The van der Waals surface area contributed by atoms with Gasteiger partial charge in [-0.3, -0.25) is 14.9 Å². The van der Waals surface area contributed by atoms with Crippen LogP contribution in [0.3, 0.4) is 0 Å². The zero-order valence-corrected chi connectivity index (χ0v) is 19.3. The number of rotatable bonds is 7. The molecule has 4 amide bonds. The molecule has 0 aromatic heterocycles. The van der Waals surface area contributed by atoms with E-state index in [-0.39, 0.29) is 23.7 Å². The van der Waals surface area contributed by atoms with Crippen LogP contribution in [0.1, 0.15) is 18.1 Å². The number of ether oxygens (including phenoxy) is 2. The highest BCUT2D eigenvalue weighted by atomic mass is 127. The van der Waals surface area contributed by atoms with Crippen LogP contribution in [0.4, 0.5) is 10.5 Å². The van der Waals surface area contributed by atoms with E-state index in [4.69, 9.17) is 14.6 Å². The second-order valence-corrected chi connectivity index (χ2v) is 7.85. The smallest absolute Gasteiger partial charge is 0.341 e. The summed E-state index contributed by atoms with van der Waals surface area (Å²) in [6.45, 7) is 3.24. The van der Waals surface area contributed by atoms with E-state index in [1.807, 2.05) is 22.6 Å². The fourth-order valence-corrected chi connectivity index (χ4v) is 3.85. The topological polar surface area (TPSA) is 122 Å². The molecule has 0 radical (unpaired) electrons. The Balaban J connectivity index is 2.03. The number of hydrogen-bond acceptors (Lipinski definition) is 6. The van der Waals surface area contributed by atoms with Crippen molar-refractivity contribution in [3.8, 4) is 11.5 Å². The van der Waals surface area contributed by atoms with Crippen molar-refractivity contribution in [2.24, 2.45) is 0 Å². The molecule has 1 fully saturated rings. The summed E-state index contributed by atoms with van der Waals surface area (Å²) in [5, 5.41) is 11.1. The number of halogens is 1. The fourth-order valence-electron chi connectivity index (χ4n) is 3.07. The Labute approximate surface area is 197 Å². The maximum Gasteiger partial charge on any atom is 0.341 e.